The van der Waals surface area contributed by atoms with E-state index in [0.29, 0.717) is 22.2 Å². The quantitative estimate of drug-likeness (QED) is 0.367. The molecule has 38 heavy (non-hydrogen) atoms. The van der Waals surface area contributed by atoms with E-state index in [4.69, 9.17) is 0 Å². The van der Waals surface area contributed by atoms with Crippen LogP contribution in [0.4, 0.5) is 5.69 Å². The minimum Gasteiger partial charge on any atom is -0.477 e. The average molecular weight is 533 g/mol. The Kier molecular flexibility index (Phi) is 7.81. The first-order valence-electron chi connectivity index (χ1n) is 13.5. The lowest BCUT2D eigenvalue weighted by Gasteiger charge is -2.36. The zero-order chi connectivity index (χ0) is 26.8. The molecule has 1 aromatic carbocycles. The van der Waals surface area contributed by atoms with Crippen LogP contribution >= 0.6 is 11.3 Å². The highest BCUT2D eigenvalue weighted by Gasteiger charge is 2.30. The molecule has 1 saturated carbocycles. The van der Waals surface area contributed by atoms with Crippen LogP contribution in [0.25, 0.3) is 16.0 Å². The van der Waals surface area contributed by atoms with Crippen molar-refractivity contribution in [3.05, 3.63) is 64.6 Å². The zero-order valence-electron chi connectivity index (χ0n) is 22.4. The Morgan fingerprint density at radius 1 is 1.16 bits per heavy atom. The molecule has 1 aliphatic carbocycles. The Hall–Kier alpha value is -3.23. The van der Waals surface area contributed by atoms with Crippen molar-refractivity contribution in [2.75, 3.05) is 25.0 Å². The summed E-state index contributed by atoms with van der Waals surface area (Å²) in [6.45, 7) is 7.48. The highest BCUT2D eigenvalue weighted by atomic mass is 32.1. The van der Waals surface area contributed by atoms with E-state index < -0.39 is 5.97 Å². The smallest absolute Gasteiger partial charge is 0.346 e. The van der Waals surface area contributed by atoms with Crippen LogP contribution in [0, 0.1) is 11.8 Å². The number of thiophene rings is 1. The van der Waals surface area contributed by atoms with Crippen molar-refractivity contribution in [3.63, 3.8) is 0 Å². The molecule has 0 spiro atoms. The molecule has 8 heteroatoms. The summed E-state index contributed by atoms with van der Waals surface area (Å²) in [5.74, 6) is 0.195. The molecule has 2 N–H and O–H groups in total. The summed E-state index contributed by atoms with van der Waals surface area (Å²) in [5.41, 5.74) is 5.59. The number of likely N-dealkylation sites (N-methyl/N-ethyl adjacent to an activating group) is 1. The lowest BCUT2D eigenvalue weighted by molar-refractivity contribution is 0.0701. The van der Waals surface area contributed by atoms with Crippen LogP contribution in [0.5, 0.6) is 0 Å². The number of nitrogens with zero attached hydrogens (tertiary/aromatic N) is 3. The summed E-state index contributed by atoms with van der Waals surface area (Å²) in [4.78, 5) is 32.8. The number of carbonyl (C=O) groups is 2. The average Bonchev–Trinajstić information content (AvgIpc) is 3.56. The third-order valence-corrected chi connectivity index (χ3v) is 9.20. The van der Waals surface area contributed by atoms with Crippen LogP contribution < -0.4 is 5.32 Å². The van der Waals surface area contributed by atoms with Gasteiger partial charge < -0.3 is 15.0 Å². The molecule has 0 bridgehead atoms. The summed E-state index contributed by atoms with van der Waals surface area (Å²) in [6.07, 6.45) is 9.05. The Bertz CT molecular complexity index is 1350. The largest absolute Gasteiger partial charge is 0.477 e. The van der Waals surface area contributed by atoms with Crippen LogP contribution in [0.15, 0.2) is 48.4 Å². The fourth-order valence-corrected chi connectivity index (χ4v) is 6.80. The van der Waals surface area contributed by atoms with Gasteiger partial charge >= 0.3 is 5.97 Å². The predicted octanol–water partition coefficient (Wildman–Crippen LogP) is 6.40. The van der Waals surface area contributed by atoms with Gasteiger partial charge in [-0.15, -0.1) is 11.3 Å². The van der Waals surface area contributed by atoms with E-state index in [2.05, 4.69) is 35.1 Å². The predicted molar refractivity (Wildman–Crippen MR) is 153 cm³/mol. The molecule has 3 aromatic rings. The van der Waals surface area contributed by atoms with E-state index in [-0.39, 0.29) is 5.91 Å². The monoisotopic (exact) mass is 532 g/mol. The van der Waals surface area contributed by atoms with Crippen LogP contribution in [0.3, 0.4) is 0 Å². The topological polar surface area (TPSA) is 87.5 Å². The first-order chi connectivity index (χ1) is 18.3. The second-order valence-corrected chi connectivity index (χ2v) is 11.7. The van der Waals surface area contributed by atoms with E-state index in [1.165, 1.54) is 48.2 Å². The number of aryl methyl sites for hydroxylation is 1. The molecule has 1 fully saturated rings. The number of hydrogen-bond donors (Lipinski definition) is 2. The van der Waals surface area contributed by atoms with Crippen LogP contribution in [0.2, 0.25) is 0 Å². The van der Waals surface area contributed by atoms with Gasteiger partial charge in [0.05, 0.1) is 6.33 Å². The number of aromatic carboxylic acids is 1. The molecule has 0 unspecified atom stereocenters. The van der Waals surface area contributed by atoms with Gasteiger partial charge in [-0.25, -0.2) is 9.78 Å². The molecule has 0 saturated heterocycles. The number of anilines is 1. The SMILES string of the molecule is CCN1CCC(c2cc(-c3ccc(NC(=O)c4cn(C)cn4)cc3)sc2C(=O)O)=C(C2CCC(C)CC2)C1. The number of aromatic nitrogens is 2. The summed E-state index contributed by atoms with van der Waals surface area (Å²) in [6, 6.07) is 9.66. The van der Waals surface area contributed by atoms with Crippen LogP contribution in [-0.4, -0.2) is 51.1 Å². The molecule has 1 amide bonds. The van der Waals surface area contributed by atoms with Gasteiger partial charge in [0.2, 0.25) is 0 Å². The lowest BCUT2D eigenvalue weighted by Crippen LogP contribution is -2.34. The first kappa shape index (κ1) is 26.4. The van der Waals surface area contributed by atoms with Gasteiger partial charge in [0, 0.05) is 42.5 Å². The minimum absolute atomic E-state index is 0.264. The van der Waals surface area contributed by atoms with Gasteiger partial charge in [-0.05, 0) is 72.6 Å². The summed E-state index contributed by atoms with van der Waals surface area (Å²) in [5, 5.41) is 13.0. The van der Waals surface area contributed by atoms with Gasteiger partial charge in [0.1, 0.15) is 10.6 Å². The maximum Gasteiger partial charge on any atom is 0.346 e. The highest BCUT2D eigenvalue weighted by molar-refractivity contribution is 7.17. The number of imidazole rings is 1. The maximum absolute atomic E-state index is 12.4. The number of carbonyl (C=O) groups excluding carboxylic acids is 1. The summed E-state index contributed by atoms with van der Waals surface area (Å²) in [7, 11) is 1.82. The van der Waals surface area contributed by atoms with Crippen molar-refractivity contribution in [2.24, 2.45) is 18.9 Å². The molecule has 200 valence electrons. The minimum atomic E-state index is -0.863. The number of hydrogen-bond acceptors (Lipinski definition) is 5. The van der Waals surface area contributed by atoms with Crippen LogP contribution in [-0.2, 0) is 7.05 Å². The fraction of sp³-hybridized carbons (Fsp3) is 0.433. The number of nitrogens with one attached hydrogen (secondary N) is 1. The third-order valence-electron chi connectivity index (χ3n) is 8.03. The van der Waals surface area contributed by atoms with Crippen molar-refractivity contribution in [3.8, 4) is 10.4 Å². The van der Waals surface area contributed by atoms with Crippen molar-refractivity contribution in [2.45, 2.75) is 46.0 Å². The van der Waals surface area contributed by atoms with Gasteiger partial charge in [0.15, 0.2) is 0 Å². The van der Waals surface area contributed by atoms with E-state index >= 15 is 0 Å². The Labute approximate surface area is 228 Å². The van der Waals surface area contributed by atoms with Gasteiger partial charge in [-0.1, -0.05) is 38.8 Å². The highest BCUT2D eigenvalue weighted by Crippen LogP contribution is 2.43. The first-order valence-corrected chi connectivity index (χ1v) is 14.4. The maximum atomic E-state index is 12.4. The molecule has 7 nitrogen and oxygen atoms in total. The van der Waals surface area contributed by atoms with Gasteiger partial charge in [-0.2, -0.15) is 0 Å². The van der Waals surface area contributed by atoms with Gasteiger partial charge in [-0.3, -0.25) is 9.69 Å². The number of carboxylic acid groups (broad SMARTS) is 1. The number of carboxylic acids is 1. The summed E-state index contributed by atoms with van der Waals surface area (Å²) < 4.78 is 1.73. The van der Waals surface area contributed by atoms with Crippen molar-refractivity contribution in [1.82, 2.24) is 14.5 Å². The van der Waals surface area contributed by atoms with Crippen molar-refractivity contribution in [1.29, 1.82) is 0 Å². The number of rotatable bonds is 7. The Morgan fingerprint density at radius 2 is 1.89 bits per heavy atom. The molecular formula is C30H36N4O3S. The molecule has 1 aliphatic heterocycles. The van der Waals surface area contributed by atoms with E-state index in [1.807, 2.05) is 31.3 Å². The normalized spacial score (nSPS) is 20.5. The Balaban J connectivity index is 1.44. The van der Waals surface area contributed by atoms with Crippen molar-refractivity contribution >= 4 is 34.5 Å². The second-order valence-electron chi connectivity index (χ2n) is 10.7. The molecule has 0 radical (unpaired) electrons. The summed E-state index contributed by atoms with van der Waals surface area (Å²) >= 11 is 1.34. The van der Waals surface area contributed by atoms with E-state index in [1.54, 1.807) is 17.1 Å². The molecule has 5 rings (SSSR count). The zero-order valence-corrected chi connectivity index (χ0v) is 23.2. The van der Waals surface area contributed by atoms with Gasteiger partial charge in [0.25, 0.3) is 5.91 Å². The lowest BCUT2D eigenvalue weighted by atomic mass is 9.75. The van der Waals surface area contributed by atoms with E-state index in [0.717, 1.165) is 48.0 Å². The standard InChI is InChI=1S/C30H36N4O3S/c1-4-34-14-13-23(25(16-34)20-7-5-19(2)6-8-20)24-15-27(38-28(24)30(36)37)21-9-11-22(12-10-21)32-29(35)26-17-33(3)18-31-26/h9-12,15,17-20H,4-8,13-14,16H2,1-3H3,(H,32,35)(H,36,37). The molecule has 3 heterocycles. The van der Waals surface area contributed by atoms with Crippen LogP contribution in [0.1, 0.15) is 71.7 Å². The molecular weight excluding hydrogens is 496 g/mol. The third kappa shape index (κ3) is 5.61. The Morgan fingerprint density at radius 3 is 2.53 bits per heavy atom. The fourth-order valence-electron chi connectivity index (χ4n) is 5.77. The molecule has 2 aliphatic rings. The number of amides is 1. The van der Waals surface area contributed by atoms with E-state index in [9.17, 15) is 14.7 Å². The second kappa shape index (κ2) is 11.3. The van der Waals surface area contributed by atoms with Crippen molar-refractivity contribution < 1.29 is 14.7 Å². The molecule has 2 aromatic heterocycles. The number of benzene rings is 1. The molecule has 0 atom stereocenters.